The van der Waals surface area contributed by atoms with Crippen LogP contribution in [0.4, 0.5) is 4.39 Å². The van der Waals surface area contributed by atoms with Crippen LogP contribution in [0.1, 0.15) is 37.8 Å². The van der Waals surface area contributed by atoms with E-state index in [0.717, 1.165) is 12.8 Å². The van der Waals surface area contributed by atoms with Gasteiger partial charge in [-0.15, -0.1) is 0 Å². The molecule has 0 heterocycles. The molecule has 0 spiro atoms. The van der Waals surface area contributed by atoms with Crippen molar-refractivity contribution in [3.8, 4) is 0 Å². The first-order chi connectivity index (χ1) is 7.56. The summed E-state index contributed by atoms with van der Waals surface area (Å²) in [6, 6.07) is 3.48. The molecule has 0 aromatic heterocycles. The lowest BCUT2D eigenvalue weighted by Gasteiger charge is -2.19. The SMILES string of the molecule is CCCC[C@@H](O)[C@@H](N)c1cc(Cl)ccc1F. The molecular weight excluding hydrogens is 229 g/mol. The van der Waals surface area contributed by atoms with Crippen molar-refractivity contribution in [3.05, 3.63) is 34.6 Å². The Balaban J connectivity index is 2.78. The average molecular weight is 246 g/mol. The fourth-order valence-corrected chi connectivity index (χ4v) is 1.75. The zero-order valence-corrected chi connectivity index (χ0v) is 10.0. The number of hydrogen-bond acceptors (Lipinski definition) is 2. The van der Waals surface area contributed by atoms with Crippen molar-refractivity contribution in [2.45, 2.75) is 38.3 Å². The molecule has 2 atom stereocenters. The normalized spacial score (nSPS) is 14.8. The first-order valence-corrected chi connectivity index (χ1v) is 5.82. The molecule has 0 amide bonds. The monoisotopic (exact) mass is 245 g/mol. The number of halogens is 2. The summed E-state index contributed by atoms with van der Waals surface area (Å²) in [6.07, 6.45) is 1.69. The third kappa shape index (κ3) is 3.44. The van der Waals surface area contributed by atoms with Crippen molar-refractivity contribution in [3.63, 3.8) is 0 Å². The Hall–Kier alpha value is -0.640. The Morgan fingerprint density at radius 2 is 2.19 bits per heavy atom. The molecule has 3 N–H and O–H groups in total. The maximum atomic E-state index is 13.5. The van der Waals surface area contributed by atoms with E-state index in [9.17, 15) is 9.50 Å². The van der Waals surface area contributed by atoms with E-state index in [-0.39, 0.29) is 5.56 Å². The number of nitrogens with two attached hydrogens (primary N) is 1. The van der Waals surface area contributed by atoms with Crippen molar-refractivity contribution >= 4 is 11.6 Å². The molecule has 1 aromatic carbocycles. The predicted molar refractivity (Wildman–Crippen MR) is 63.9 cm³/mol. The van der Waals surface area contributed by atoms with E-state index in [1.165, 1.54) is 18.2 Å². The zero-order chi connectivity index (χ0) is 12.1. The highest BCUT2D eigenvalue weighted by Gasteiger charge is 2.19. The first kappa shape index (κ1) is 13.4. The van der Waals surface area contributed by atoms with E-state index in [4.69, 9.17) is 17.3 Å². The third-order valence-electron chi connectivity index (χ3n) is 2.59. The van der Waals surface area contributed by atoms with Gasteiger partial charge >= 0.3 is 0 Å². The highest BCUT2D eigenvalue weighted by molar-refractivity contribution is 6.30. The minimum Gasteiger partial charge on any atom is -0.391 e. The maximum absolute atomic E-state index is 13.5. The Bertz CT molecular complexity index is 346. The summed E-state index contributed by atoms with van der Waals surface area (Å²) in [6.45, 7) is 2.03. The Morgan fingerprint density at radius 1 is 1.50 bits per heavy atom. The van der Waals surface area contributed by atoms with Crippen LogP contribution in [-0.4, -0.2) is 11.2 Å². The van der Waals surface area contributed by atoms with Crippen LogP contribution in [0.25, 0.3) is 0 Å². The van der Waals surface area contributed by atoms with Gasteiger partial charge in [0, 0.05) is 10.6 Å². The Morgan fingerprint density at radius 3 is 2.81 bits per heavy atom. The van der Waals surface area contributed by atoms with Crippen molar-refractivity contribution in [1.29, 1.82) is 0 Å². The van der Waals surface area contributed by atoms with Crippen molar-refractivity contribution in [2.75, 3.05) is 0 Å². The molecule has 2 nitrogen and oxygen atoms in total. The van der Waals surface area contributed by atoms with Crippen LogP contribution < -0.4 is 5.73 Å². The molecule has 4 heteroatoms. The van der Waals surface area contributed by atoms with Crippen molar-refractivity contribution in [2.24, 2.45) is 5.73 Å². The lowest BCUT2D eigenvalue weighted by Crippen LogP contribution is -2.27. The smallest absolute Gasteiger partial charge is 0.128 e. The molecule has 1 aromatic rings. The molecule has 1 rings (SSSR count). The summed E-state index contributed by atoms with van der Waals surface area (Å²) in [5.41, 5.74) is 6.07. The zero-order valence-electron chi connectivity index (χ0n) is 9.29. The second-order valence-corrected chi connectivity index (χ2v) is 4.34. The highest BCUT2D eigenvalue weighted by atomic mass is 35.5. The molecule has 0 fully saturated rings. The highest BCUT2D eigenvalue weighted by Crippen LogP contribution is 2.24. The van der Waals surface area contributed by atoms with E-state index in [2.05, 4.69) is 0 Å². The number of hydrogen-bond donors (Lipinski definition) is 2. The van der Waals surface area contributed by atoms with Crippen LogP contribution in [0.3, 0.4) is 0 Å². The summed E-state index contributed by atoms with van der Waals surface area (Å²) in [5.74, 6) is -0.424. The minimum atomic E-state index is -0.729. The molecule has 90 valence electrons. The van der Waals surface area contributed by atoms with E-state index >= 15 is 0 Å². The second kappa shape index (κ2) is 6.18. The molecular formula is C12H17ClFNO. The summed E-state index contributed by atoms with van der Waals surface area (Å²) in [4.78, 5) is 0. The fourth-order valence-electron chi connectivity index (χ4n) is 1.57. The Kier molecular flexibility index (Phi) is 5.19. The van der Waals surface area contributed by atoms with E-state index in [0.29, 0.717) is 11.4 Å². The fraction of sp³-hybridized carbons (Fsp3) is 0.500. The average Bonchev–Trinajstić information content (AvgIpc) is 2.28. The predicted octanol–water partition coefficient (Wildman–Crippen LogP) is 3.03. The van der Waals surface area contributed by atoms with Gasteiger partial charge in [0.15, 0.2) is 0 Å². The van der Waals surface area contributed by atoms with Crippen LogP contribution in [0.2, 0.25) is 5.02 Å². The molecule has 0 aliphatic heterocycles. The first-order valence-electron chi connectivity index (χ1n) is 5.44. The van der Waals surface area contributed by atoms with Crippen molar-refractivity contribution in [1.82, 2.24) is 0 Å². The maximum Gasteiger partial charge on any atom is 0.128 e. The largest absolute Gasteiger partial charge is 0.391 e. The van der Waals surface area contributed by atoms with Gasteiger partial charge in [-0.25, -0.2) is 4.39 Å². The van der Waals surface area contributed by atoms with Gasteiger partial charge in [-0.3, -0.25) is 0 Å². The number of aliphatic hydroxyl groups excluding tert-OH is 1. The molecule has 0 saturated carbocycles. The van der Waals surface area contributed by atoms with Gasteiger partial charge in [0.2, 0.25) is 0 Å². The van der Waals surface area contributed by atoms with Gasteiger partial charge in [0.25, 0.3) is 0 Å². The van der Waals surface area contributed by atoms with Crippen LogP contribution in [-0.2, 0) is 0 Å². The summed E-state index contributed by atoms with van der Waals surface area (Å²) in [5, 5.41) is 10.2. The van der Waals surface area contributed by atoms with Crippen molar-refractivity contribution < 1.29 is 9.50 Å². The summed E-state index contributed by atoms with van der Waals surface area (Å²) < 4.78 is 13.5. The number of unbranched alkanes of at least 4 members (excludes halogenated alkanes) is 1. The third-order valence-corrected chi connectivity index (χ3v) is 2.82. The summed E-state index contributed by atoms with van der Waals surface area (Å²) in [7, 11) is 0. The lowest BCUT2D eigenvalue weighted by molar-refractivity contribution is 0.131. The van der Waals surface area contributed by atoms with E-state index in [1.54, 1.807) is 0 Å². The summed E-state index contributed by atoms with van der Waals surface area (Å²) >= 11 is 5.77. The topological polar surface area (TPSA) is 46.2 Å². The van der Waals surface area contributed by atoms with Crippen LogP contribution in [0, 0.1) is 5.82 Å². The van der Waals surface area contributed by atoms with Crippen LogP contribution in [0.5, 0.6) is 0 Å². The second-order valence-electron chi connectivity index (χ2n) is 3.90. The molecule has 0 radical (unpaired) electrons. The van der Waals surface area contributed by atoms with Gasteiger partial charge in [-0.05, 0) is 24.6 Å². The van der Waals surface area contributed by atoms with Gasteiger partial charge in [-0.2, -0.15) is 0 Å². The number of rotatable bonds is 5. The molecule has 0 saturated heterocycles. The Labute approximate surface area is 100 Å². The minimum absolute atomic E-state index is 0.274. The molecule has 0 bridgehead atoms. The van der Waals surface area contributed by atoms with Gasteiger partial charge in [0.1, 0.15) is 5.82 Å². The van der Waals surface area contributed by atoms with E-state index < -0.39 is 18.0 Å². The van der Waals surface area contributed by atoms with Crippen LogP contribution >= 0.6 is 11.6 Å². The van der Waals surface area contributed by atoms with Gasteiger partial charge < -0.3 is 10.8 Å². The van der Waals surface area contributed by atoms with Gasteiger partial charge in [-0.1, -0.05) is 31.4 Å². The molecule has 0 unspecified atom stereocenters. The molecule has 16 heavy (non-hydrogen) atoms. The number of aliphatic hydroxyl groups is 1. The standard InChI is InChI=1S/C12H17ClFNO/c1-2-3-4-11(16)12(15)9-7-8(13)5-6-10(9)14/h5-7,11-12,16H,2-4,15H2,1H3/t11-,12+/m1/s1. The molecule has 0 aliphatic rings. The van der Waals surface area contributed by atoms with Gasteiger partial charge in [0.05, 0.1) is 12.1 Å². The van der Waals surface area contributed by atoms with E-state index in [1.807, 2.05) is 6.92 Å². The quantitative estimate of drug-likeness (QED) is 0.838. The molecule has 0 aliphatic carbocycles. The van der Waals surface area contributed by atoms with Crippen LogP contribution in [0.15, 0.2) is 18.2 Å². The lowest BCUT2D eigenvalue weighted by atomic mass is 9.98. The number of benzene rings is 1.